The maximum absolute atomic E-state index is 12.2. The molecule has 0 unspecified atom stereocenters. The number of hydroxylamine groups is 2. The highest BCUT2D eigenvalue weighted by Gasteiger charge is 2.30. The van der Waals surface area contributed by atoms with Crippen LogP contribution in [0.3, 0.4) is 0 Å². The van der Waals surface area contributed by atoms with Crippen molar-refractivity contribution in [3.8, 4) is 0 Å². The SMILES string of the molecule is Cc1cccc(C(=O)O)c1C(=O)N1C[C@H](O)CO1. The summed E-state index contributed by atoms with van der Waals surface area (Å²) >= 11 is 0. The van der Waals surface area contributed by atoms with Gasteiger partial charge in [-0.15, -0.1) is 0 Å². The zero-order chi connectivity index (χ0) is 13.3. The summed E-state index contributed by atoms with van der Waals surface area (Å²) in [6.45, 7) is 1.75. The molecule has 6 nitrogen and oxygen atoms in total. The van der Waals surface area contributed by atoms with E-state index in [4.69, 9.17) is 9.94 Å². The van der Waals surface area contributed by atoms with Gasteiger partial charge in [0, 0.05) is 0 Å². The van der Waals surface area contributed by atoms with Crippen LogP contribution in [-0.4, -0.2) is 46.4 Å². The Kier molecular flexibility index (Phi) is 3.31. The van der Waals surface area contributed by atoms with Gasteiger partial charge in [-0.2, -0.15) is 0 Å². The van der Waals surface area contributed by atoms with Gasteiger partial charge in [0.25, 0.3) is 5.91 Å². The third-order valence-electron chi connectivity index (χ3n) is 2.74. The standard InChI is InChI=1S/C12H13NO5/c1-7-3-2-4-9(12(16)17)10(7)11(15)13-5-8(14)6-18-13/h2-4,8,14H,5-6H2,1H3,(H,16,17)/t8-/m0/s1. The number of aromatic carboxylic acids is 1. The normalized spacial score (nSPS) is 19.0. The molecular weight excluding hydrogens is 238 g/mol. The van der Waals surface area contributed by atoms with E-state index < -0.39 is 18.0 Å². The number of β-amino-alcohol motifs (C(OH)–C–C–N with tert-alkyl or cyclic N) is 1. The highest BCUT2D eigenvalue weighted by atomic mass is 16.7. The highest BCUT2D eigenvalue weighted by molar-refractivity contribution is 6.05. The Morgan fingerprint density at radius 2 is 2.17 bits per heavy atom. The number of carboxylic acid groups (broad SMARTS) is 1. The first-order valence-corrected chi connectivity index (χ1v) is 5.46. The molecule has 0 bridgehead atoms. The van der Waals surface area contributed by atoms with Crippen LogP contribution in [0.15, 0.2) is 18.2 Å². The van der Waals surface area contributed by atoms with Gasteiger partial charge in [0.05, 0.1) is 17.7 Å². The van der Waals surface area contributed by atoms with Gasteiger partial charge in [-0.25, -0.2) is 9.86 Å². The van der Waals surface area contributed by atoms with Gasteiger partial charge in [0.1, 0.15) is 12.7 Å². The number of carbonyl (C=O) groups excluding carboxylic acids is 1. The Labute approximate surface area is 103 Å². The van der Waals surface area contributed by atoms with Crippen LogP contribution in [0, 0.1) is 6.92 Å². The van der Waals surface area contributed by atoms with E-state index in [-0.39, 0.29) is 24.3 Å². The molecule has 96 valence electrons. The van der Waals surface area contributed by atoms with Crippen LogP contribution in [0.4, 0.5) is 0 Å². The van der Waals surface area contributed by atoms with E-state index in [1.54, 1.807) is 19.1 Å². The Bertz CT molecular complexity index is 499. The fourth-order valence-corrected chi connectivity index (χ4v) is 1.87. The van der Waals surface area contributed by atoms with Crippen LogP contribution in [0.1, 0.15) is 26.3 Å². The molecule has 1 amide bonds. The van der Waals surface area contributed by atoms with E-state index in [0.717, 1.165) is 5.06 Å². The molecule has 18 heavy (non-hydrogen) atoms. The number of hydrogen-bond donors (Lipinski definition) is 2. The van der Waals surface area contributed by atoms with Gasteiger partial charge in [-0.3, -0.25) is 9.63 Å². The first-order chi connectivity index (χ1) is 8.50. The molecule has 1 aromatic rings. The number of carbonyl (C=O) groups is 2. The maximum Gasteiger partial charge on any atom is 0.336 e. The Morgan fingerprint density at radius 1 is 1.44 bits per heavy atom. The average molecular weight is 251 g/mol. The van der Waals surface area contributed by atoms with E-state index in [1.165, 1.54) is 6.07 Å². The molecule has 1 atom stereocenters. The van der Waals surface area contributed by atoms with E-state index in [9.17, 15) is 14.7 Å². The number of aliphatic hydroxyl groups is 1. The van der Waals surface area contributed by atoms with E-state index in [1.807, 2.05) is 0 Å². The summed E-state index contributed by atoms with van der Waals surface area (Å²) < 4.78 is 0. The summed E-state index contributed by atoms with van der Waals surface area (Å²) in [7, 11) is 0. The summed E-state index contributed by atoms with van der Waals surface area (Å²) in [5, 5.41) is 19.4. The largest absolute Gasteiger partial charge is 0.478 e. The lowest BCUT2D eigenvalue weighted by atomic mass is 10.0. The second kappa shape index (κ2) is 4.75. The van der Waals surface area contributed by atoms with Crippen LogP contribution < -0.4 is 0 Å². The second-order valence-electron chi connectivity index (χ2n) is 4.12. The van der Waals surface area contributed by atoms with Crippen LogP contribution in [0.25, 0.3) is 0 Å². The zero-order valence-electron chi connectivity index (χ0n) is 9.79. The Morgan fingerprint density at radius 3 is 2.72 bits per heavy atom. The van der Waals surface area contributed by atoms with Crippen molar-refractivity contribution >= 4 is 11.9 Å². The Balaban J connectivity index is 2.38. The molecule has 1 aromatic carbocycles. The van der Waals surface area contributed by atoms with Crippen LogP contribution in [0.5, 0.6) is 0 Å². The number of amides is 1. The average Bonchev–Trinajstić information content (AvgIpc) is 2.74. The number of benzene rings is 1. The van der Waals surface area contributed by atoms with Crippen LogP contribution in [-0.2, 0) is 4.84 Å². The summed E-state index contributed by atoms with van der Waals surface area (Å²) in [5.41, 5.74) is 0.592. The molecule has 1 saturated heterocycles. The molecule has 0 radical (unpaired) electrons. The molecule has 1 fully saturated rings. The fraction of sp³-hybridized carbons (Fsp3) is 0.333. The van der Waals surface area contributed by atoms with Gasteiger partial charge >= 0.3 is 5.97 Å². The molecular formula is C12H13NO5. The monoisotopic (exact) mass is 251 g/mol. The van der Waals surface area contributed by atoms with Crippen molar-refractivity contribution in [2.24, 2.45) is 0 Å². The molecule has 1 heterocycles. The third-order valence-corrected chi connectivity index (χ3v) is 2.74. The Hall–Kier alpha value is -1.92. The van der Waals surface area contributed by atoms with Crippen molar-refractivity contribution < 1.29 is 24.6 Å². The number of aryl methyl sites for hydroxylation is 1. The van der Waals surface area contributed by atoms with Crippen molar-refractivity contribution in [2.45, 2.75) is 13.0 Å². The number of rotatable bonds is 2. The number of aliphatic hydroxyl groups excluding tert-OH is 1. The molecule has 0 aliphatic carbocycles. The minimum atomic E-state index is -1.17. The lowest BCUT2D eigenvalue weighted by Crippen LogP contribution is -2.30. The molecule has 0 spiro atoms. The lowest BCUT2D eigenvalue weighted by molar-refractivity contribution is -0.0780. The maximum atomic E-state index is 12.2. The molecule has 6 heteroatoms. The zero-order valence-corrected chi connectivity index (χ0v) is 9.79. The minimum absolute atomic E-state index is 0.0417. The van der Waals surface area contributed by atoms with Crippen LogP contribution in [0.2, 0.25) is 0 Å². The van der Waals surface area contributed by atoms with Crippen molar-refractivity contribution in [2.75, 3.05) is 13.2 Å². The van der Waals surface area contributed by atoms with Crippen LogP contribution >= 0.6 is 0 Å². The summed E-state index contributed by atoms with van der Waals surface area (Å²) in [5.74, 6) is -1.70. The van der Waals surface area contributed by atoms with Gasteiger partial charge in [-0.05, 0) is 18.6 Å². The predicted molar refractivity (Wildman–Crippen MR) is 61.1 cm³/mol. The van der Waals surface area contributed by atoms with Crippen molar-refractivity contribution in [1.29, 1.82) is 0 Å². The summed E-state index contributed by atoms with van der Waals surface area (Å²) in [6.07, 6.45) is -0.730. The highest BCUT2D eigenvalue weighted by Crippen LogP contribution is 2.19. The molecule has 0 aromatic heterocycles. The topological polar surface area (TPSA) is 87.1 Å². The molecule has 1 aliphatic rings. The van der Waals surface area contributed by atoms with Gasteiger partial charge < -0.3 is 10.2 Å². The van der Waals surface area contributed by atoms with Gasteiger partial charge in [-0.1, -0.05) is 12.1 Å². The van der Waals surface area contributed by atoms with E-state index in [2.05, 4.69) is 0 Å². The molecule has 2 N–H and O–H groups in total. The molecule has 1 aliphatic heterocycles. The van der Waals surface area contributed by atoms with Crippen molar-refractivity contribution in [3.63, 3.8) is 0 Å². The third kappa shape index (κ3) is 2.20. The fourth-order valence-electron chi connectivity index (χ4n) is 1.87. The summed E-state index contributed by atoms with van der Waals surface area (Å²) in [6, 6.07) is 4.61. The minimum Gasteiger partial charge on any atom is -0.478 e. The van der Waals surface area contributed by atoms with Crippen molar-refractivity contribution in [3.05, 3.63) is 34.9 Å². The number of hydrogen-bond acceptors (Lipinski definition) is 4. The predicted octanol–water partition coefficient (Wildman–Crippen LogP) is 0.442. The first-order valence-electron chi connectivity index (χ1n) is 5.46. The summed E-state index contributed by atoms with van der Waals surface area (Å²) in [4.78, 5) is 28.3. The molecule has 2 rings (SSSR count). The quantitative estimate of drug-likeness (QED) is 0.796. The van der Waals surface area contributed by atoms with E-state index in [0.29, 0.717) is 5.56 Å². The van der Waals surface area contributed by atoms with E-state index >= 15 is 0 Å². The van der Waals surface area contributed by atoms with Gasteiger partial charge in [0.2, 0.25) is 0 Å². The smallest absolute Gasteiger partial charge is 0.336 e. The van der Waals surface area contributed by atoms with Crippen molar-refractivity contribution in [1.82, 2.24) is 5.06 Å². The number of nitrogens with zero attached hydrogens (tertiary/aromatic N) is 1. The molecule has 0 saturated carbocycles. The second-order valence-corrected chi connectivity index (χ2v) is 4.12. The number of carboxylic acids is 1. The first kappa shape index (κ1) is 12.5. The van der Waals surface area contributed by atoms with Gasteiger partial charge in [0.15, 0.2) is 0 Å². The lowest BCUT2D eigenvalue weighted by Gasteiger charge is -2.16.